The minimum Gasteiger partial charge on any atom is -0.486 e. The number of aromatic nitrogens is 3. The van der Waals surface area contributed by atoms with Gasteiger partial charge in [-0.2, -0.15) is 0 Å². The van der Waals surface area contributed by atoms with Crippen LogP contribution in [0.5, 0.6) is 11.5 Å². The largest absolute Gasteiger partial charge is 0.486 e. The number of alkyl halides is 1. The van der Waals surface area contributed by atoms with E-state index in [0.717, 1.165) is 11.0 Å². The Morgan fingerprint density at radius 1 is 1.22 bits per heavy atom. The third-order valence-corrected chi connectivity index (χ3v) is 6.39. The van der Waals surface area contributed by atoms with Gasteiger partial charge in [0, 0.05) is 26.1 Å². The van der Waals surface area contributed by atoms with E-state index < -0.39 is 18.3 Å². The number of benzene rings is 2. The molecule has 3 aromatic rings. The number of aliphatic hydroxyl groups is 1. The van der Waals surface area contributed by atoms with Gasteiger partial charge < -0.3 is 24.7 Å². The number of fused-ring (bicyclic) bond motifs is 2. The number of likely N-dealkylation sites (tertiary alicyclic amines) is 1. The van der Waals surface area contributed by atoms with Crippen LogP contribution >= 0.6 is 0 Å². The lowest BCUT2D eigenvalue weighted by Crippen LogP contribution is -2.47. The van der Waals surface area contributed by atoms with Crippen molar-refractivity contribution in [2.75, 3.05) is 39.5 Å². The predicted octanol–water partition coefficient (Wildman–Crippen LogP) is 1.67. The second kappa shape index (κ2) is 11.1. The summed E-state index contributed by atoms with van der Waals surface area (Å²) in [7, 11) is 0. The molecule has 1 unspecified atom stereocenters. The van der Waals surface area contributed by atoms with Crippen LogP contribution in [0.25, 0.3) is 11.0 Å². The first kappa shape index (κ1) is 24.3. The highest BCUT2D eigenvalue weighted by molar-refractivity contribution is 5.76. The van der Waals surface area contributed by atoms with Crippen molar-refractivity contribution in [3.63, 3.8) is 0 Å². The SMILES string of the molecule is O=C(CCCOn1nnc2ccccc21)NC(CN1CC[C@@H](F)C1)[C@H](O)c1ccc2c(c1)OCCO2. The smallest absolute Gasteiger partial charge is 0.220 e. The summed E-state index contributed by atoms with van der Waals surface area (Å²) < 4.78 is 25.0. The van der Waals surface area contributed by atoms with Crippen LogP contribution in [0.1, 0.15) is 30.9 Å². The summed E-state index contributed by atoms with van der Waals surface area (Å²) >= 11 is 0. The van der Waals surface area contributed by atoms with Gasteiger partial charge in [-0.3, -0.25) is 9.69 Å². The molecule has 0 radical (unpaired) electrons. The first-order valence-corrected chi connectivity index (χ1v) is 12.2. The highest BCUT2D eigenvalue weighted by Gasteiger charge is 2.30. The number of rotatable bonds is 10. The lowest BCUT2D eigenvalue weighted by molar-refractivity contribution is -0.123. The maximum Gasteiger partial charge on any atom is 0.220 e. The fourth-order valence-corrected chi connectivity index (χ4v) is 4.54. The van der Waals surface area contributed by atoms with Crippen molar-refractivity contribution in [1.82, 2.24) is 25.4 Å². The number of ether oxygens (including phenoxy) is 2. The highest BCUT2D eigenvalue weighted by atomic mass is 19.1. The van der Waals surface area contributed by atoms with E-state index >= 15 is 0 Å². The van der Waals surface area contributed by atoms with Gasteiger partial charge in [-0.1, -0.05) is 23.0 Å². The van der Waals surface area contributed by atoms with E-state index in [2.05, 4.69) is 15.6 Å². The van der Waals surface area contributed by atoms with Gasteiger partial charge in [0.25, 0.3) is 0 Å². The molecule has 0 bridgehead atoms. The molecule has 36 heavy (non-hydrogen) atoms. The minimum absolute atomic E-state index is 0.197. The molecule has 0 aliphatic carbocycles. The maximum absolute atomic E-state index is 13.8. The third kappa shape index (κ3) is 5.68. The van der Waals surface area contributed by atoms with Crippen molar-refractivity contribution >= 4 is 16.9 Å². The van der Waals surface area contributed by atoms with E-state index in [9.17, 15) is 14.3 Å². The second-order valence-corrected chi connectivity index (χ2v) is 9.06. The van der Waals surface area contributed by atoms with Crippen LogP contribution < -0.4 is 19.6 Å². The lowest BCUT2D eigenvalue weighted by atomic mass is 10.0. The number of hydrogen-bond donors (Lipinski definition) is 2. The summed E-state index contributed by atoms with van der Waals surface area (Å²) in [5.41, 5.74) is 2.08. The number of nitrogens with one attached hydrogen (secondary N) is 1. The molecule has 11 heteroatoms. The van der Waals surface area contributed by atoms with E-state index in [4.69, 9.17) is 14.3 Å². The van der Waals surface area contributed by atoms with Gasteiger partial charge in [0.05, 0.1) is 6.04 Å². The monoisotopic (exact) mass is 499 g/mol. The van der Waals surface area contributed by atoms with Crippen molar-refractivity contribution in [3.8, 4) is 11.5 Å². The summed E-state index contributed by atoms with van der Waals surface area (Å²) in [5.74, 6) is 0.961. The number of nitrogens with zero attached hydrogens (tertiary/aromatic N) is 4. The van der Waals surface area contributed by atoms with Crippen molar-refractivity contribution < 1.29 is 28.6 Å². The number of aliphatic hydroxyl groups excluding tert-OH is 1. The molecule has 2 aromatic carbocycles. The van der Waals surface area contributed by atoms with Crippen LogP contribution in [-0.4, -0.2) is 82.7 Å². The molecule has 1 fully saturated rings. The van der Waals surface area contributed by atoms with E-state index in [0.29, 0.717) is 62.8 Å². The van der Waals surface area contributed by atoms with Gasteiger partial charge in [-0.05, 0) is 47.9 Å². The molecule has 1 amide bonds. The highest BCUT2D eigenvalue weighted by Crippen LogP contribution is 2.33. The quantitative estimate of drug-likeness (QED) is 0.406. The Balaban J connectivity index is 1.19. The Kier molecular flexibility index (Phi) is 7.47. The van der Waals surface area contributed by atoms with Crippen LogP contribution in [-0.2, 0) is 4.79 Å². The molecule has 1 aromatic heterocycles. The van der Waals surface area contributed by atoms with Gasteiger partial charge in [-0.15, -0.1) is 5.10 Å². The number of hydrogen-bond acceptors (Lipinski definition) is 8. The molecule has 1 saturated heterocycles. The zero-order chi connectivity index (χ0) is 24.9. The molecule has 2 aliphatic heterocycles. The van der Waals surface area contributed by atoms with E-state index in [1.807, 2.05) is 29.2 Å². The molecule has 0 spiro atoms. The average molecular weight is 500 g/mol. The van der Waals surface area contributed by atoms with E-state index in [1.54, 1.807) is 18.2 Å². The fraction of sp³-hybridized carbons (Fsp3) is 0.480. The zero-order valence-electron chi connectivity index (χ0n) is 19.9. The van der Waals surface area contributed by atoms with Gasteiger partial charge in [0.15, 0.2) is 11.5 Å². The molecule has 2 N–H and O–H groups in total. The maximum atomic E-state index is 13.8. The van der Waals surface area contributed by atoms with Gasteiger partial charge in [-0.25, -0.2) is 4.39 Å². The molecule has 192 valence electrons. The van der Waals surface area contributed by atoms with Crippen LogP contribution in [0.15, 0.2) is 42.5 Å². The van der Waals surface area contributed by atoms with Gasteiger partial charge >= 0.3 is 0 Å². The van der Waals surface area contributed by atoms with Crippen molar-refractivity contribution in [3.05, 3.63) is 48.0 Å². The Morgan fingerprint density at radius 3 is 2.89 bits per heavy atom. The summed E-state index contributed by atoms with van der Waals surface area (Å²) in [6, 6.07) is 12.1. The van der Waals surface area contributed by atoms with Crippen LogP contribution in [0, 0.1) is 0 Å². The Morgan fingerprint density at radius 2 is 2.06 bits per heavy atom. The summed E-state index contributed by atoms with van der Waals surface area (Å²) in [6.07, 6.45) is -0.792. The number of carbonyl (C=O) groups is 1. The minimum atomic E-state index is -0.999. The first-order chi connectivity index (χ1) is 17.6. The normalized spacial score (nSPS) is 19.2. The Hall–Kier alpha value is -3.44. The van der Waals surface area contributed by atoms with Crippen molar-refractivity contribution in [2.45, 2.75) is 37.6 Å². The van der Waals surface area contributed by atoms with Crippen LogP contribution in [0.2, 0.25) is 0 Å². The Bertz CT molecular complexity index is 1190. The van der Waals surface area contributed by atoms with E-state index in [-0.39, 0.29) is 18.9 Å². The molecule has 0 saturated carbocycles. The lowest BCUT2D eigenvalue weighted by Gasteiger charge is -2.29. The number of halogens is 1. The molecule has 10 nitrogen and oxygen atoms in total. The molecule has 5 rings (SSSR count). The summed E-state index contributed by atoms with van der Waals surface area (Å²) in [5, 5.41) is 22.1. The summed E-state index contributed by atoms with van der Waals surface area (Å²) in [6.45, 7) is 2.39. The van der Waals surface area contributed by atoms with Gasteiger partial charge in [0.1, 0.15) is 43.1 Å². The van der Waals surface area contributed by atoms with Crippen LogP contribution in [0.3, 0.4) is 0 Å². The molecular weight excluding hydrogens is 469 g/mol. The Labute approximate surface area is 207 Å². The zero-order valence-corrected chi connectivity index (χ0v) is 19.9. The second-order valence-electron chi connectivity index (χ2n) is 9.06. The summed E-state index contributed by atoms with van der Waals surface area (Å²) in [4.78, 5) is 21.7. The molecular formula is C25H30FN5O5. The molecule has 3 heterocycles. The number of para-hydroxylation sites is 1. The number of amides is 1. The predicted molar refractivity (Wildman–Crippen MR) is 128 cm³/mol. The molecule has 2 aliphatic rings. The molecule has 3 atom stereocenters. The standard InChI is InChI=1S/C25H30FN5O5/c26-18-9-10-30(15-18)16-20(25(33)17-7-8-22-23(14-17)35-13-12-34-22)27-24(32)6-3-11-36-31-21-5-2-1-4-19(21)28-29-31/h1-2,4-5,7-8,14,18,20,25,33H,3,6,9-13,15-16H2,(H,27,32)/t18-,20?,25-/m1/s1. The third-order valence-electron chi connectivity index (χ3n) is 6.39. The first-order valence-electron chi connectivity index (χ1n) is 12.2. The number of carbonyl (C=O) groups excluding carboxylic acids is 1. The van der Waals surface area contributed by atoms with E-state index in [1.165, 1.54) is 4.85 Å². The fourth-order valence-electron chi connectivity index (χ4n) is 4.54. The topological polar surface area (TPSA) is 111 Å². The van der Waals surface area contributed by atoms with Crippen molar-refractivity contribution in [2.24, 2.45) is 0 Å². The van der Waals surface area contributed by atoms with Crippen molar-refractivity contribution in [1.29, 1.82) is 0 Å². The van der Waals surface area contributed by atoms with Crippen LogP contribution in [0.4, 0.5) is 4.39 Å². The average Bonchev–Trinajstić information content (AvgIpc) is 3.51. The van der Waals surface area contributed by atoms with Gasteiger partial charge in [0.2, 0.25) is 5.91 Å².